The number of halogens is 3. The van der Waals surface area contributed by atoms with Gasteiger partial charge in [0.15, 0.2) is 5.82 Å². The van der Waals surface area contributed by atoms with Gasteiger partial charge in [-0.05, 0) is 52.7 Å². The molecule has 1 unspecified atom stereocenters. The van der Waals surface area contributed by atoms with Gasteiger partial charge in [0.1, 0.15) is 4.99 Å². The van der Waals surface area contributed by atoms with E-state index in [1.54, 1.807) is 12.1 Å². The minimum atomic E-state index is -0.399. The fraction of sp³-hybridized carbons (Fsp3) is 0.133. The Kier molecular flexibility index (Phi) is 5.35. The molecule has 21 heavy (non-hydrogen) atoms. The molecule has 2 nitrogen and oxygen atoms in total. The maximum atomic E-state index is 14.3. The molecular formula is C15H13Br2FN2S. The van der Waals surface area contributed by atoms with Gasteiger partial charge in [0, 0.05) is 16.1 Å². The quantitative estimate of drug-likeness (QED) is 0.656. The minimum absolute atomic E-state index is 0.0322. The van der Waals surface area contributed by atoms with Crippen LogP contribution in [0, 0.1) is 5.82 Å². The first kappa shape index (κ1) is 16.4. The van der Waals surface area contributed by atoms with E-state index in [9.17, 15) is 4.39 Å². The first-order valence-electron chi connectivity index (χ1n) is 6.20. The molecule has 0 radical (unpaired) electrons. The zero-order valence-electron chi connectivity index (χ0n) is 11.2. The monoisotopic (exact) mass is 430 g/mol. The summed E-state index contributed by atoms with van der Waals surface area (Å²) in [6.07, 6.45) is 0. The van der Waals surface area contributed by atoms with Crippen molar-refractivity contribution in [3.05, 3.63) is 62.3 Å². The number of nitrogens with one attached hydrogen (secondary N) is 1. The van der Waals surface area contributed by atoms with Crippen molar-refractivity contribution in [1.82, 2.24) is 0 Å². The Morgan fingerprint density at radius 1 is 1.19 bits per heavy atom. The number of nitrogens with two attached hydrogens (primary N) is 1. The third-order valence-corrected chi connectivity index (χ3v) is 4.61. The molecule has 2 aromatic carbocycles. The summed E-state index contributed by atoms with van der Waals surface area (Å²) in [5, 5.41) is 3.15. The Labute approximate surface area is 145 Å². The summed E-state index contributed by atoms with van der Waals surface area (Å²) < 4.78 is 15.6. The molecule has 0 saturated heterocycles. The zero-order valence-corrected chi connectivity index (χ0v) is 15.1. The van der Waals surface area contributed by atoms with Gasteiger partial charge in [-0.3, -0.25) is 0 Å². The molecule has 6 heteroatoms. The van der Waals surface area contributed by atoms with Gasteiger partial charge in [-0.25, -0.2) is 4.39 Å². The smallest absolute Gasteiger partial charge is 0.161 e. The Morgan fingerprint density at radius 2 is 1.81 bits per heavy atom. The highest BCUT2D eigenvalue weighted by Gasteiger charge is 2.15. The maximum Gasteiger partial charge on any atom is 0.161 e. The van der Waals surface area contributed by atoms with Crippen LogP contribution in [0.3, 0.4) is 0 Å². The van der Waals surface area contributed by atoms with E-state index in [-0.39, 0.29) is 15.5 Å². The van der Waals surface area contributed by atoms with Crippen molar-refractivity contribution in [2.24, 2.45) is 5.73 Å². The van der Waals surface area contributed by atoms with Crippen molar-refractivity contribution < 1.29 is 4.39 Å². The molecule has 3 N–H and O–H groups in total. The van der Waals surface area contributed by atoms with E-state index >= 15 is 0 Å². The Hall–Kier alpha value is -0.980. The van der Waals surface area contributed by atoms with Crippen LogP contribution < -0.4 is 11.1 Å². The number of benzene rings is 2. The van der Waals surface area contributed by atoms with Crippen LogP contribution in [0.2, 0.25) is 0 Å². The predicted octanol–water partition coefficient (Wildman–Crippen LogP) is 5.16. The number of anilines is 1. The lowest BCUT2D eigenvalue weighted by Gasteiger charge is -2.17. The highest BCUT2D eigenvalue weighted by Crippen LogP contribution is 2.29. The van der Waals surface area contributed by atoms with Crippen molar-refractivity contribution in [2.45, 2.75) is 13.0 Å². The third-order valence-electron chi connectivity index (χ3n) is 3.09. The van der Waals surface area contributed by atoms with Gasteiger partial charge < -0.3 is 11.1 Å². The molecule has 0 aliphatic rings. The lowest BCUT2D eigenvalue weighted by molar-refractivity contribution is 0.620. The first-order chi connectivity index (χ1) is 9.90. The van der Waals surface area contributed by atoms with Gasteiger partial charge in [-0.15, -0.1) is 0 Å². The average Bonchev–Trinajstić information content (AvgIpc) is 2.44. The number of hydrogen-bond acceptors (Lipinski definition) is 2. The second kappa shape index (κ2) is 6.85. The Bertz CT molecular complexity index is 674. The summed E-state index contributed by atoms with van der Waals surface area (Å²) in [5.41, 5.74) is 7.50. The van der Waals surface area contributed by atoms with Crippen LogP contribution in [0.25, 0.3) is 0 Å². The summed E-state index contributed by atoms with van der Waals surface area (Å²) in [5.74, 6) is -0.399. The van der Waals surface area contributed by atoms with Crippen molar-refractivity contribution in [3.8, 4) is 0 Å². The summed E-state index contributed by atoms with van der Waals surface area (Å²) >= 11 is 11.5. The van der Waals surface area contributed by atoms with Crippen molar-refractivity contribution >= 4 is 54.8 Å². The van der Waals surface area contributed by atoms with Crippen LogP contribution in [0.1, 0.15) is 24.1 Å². The van der Waals surface area contributed by atoms with Gasteiger partial charge in [-0.2, -0.15) is 0 Å². The molecule has 0 aliphatic carbocycles. The maximum absolute atomic E-state index is 14.3. The SMILES string of the molecule is CC(Nc1ccc(C(N)=S)c(Br)c1F)c1ccc(Br)cc1. The summed E-state index contributed by atoms with van der Waals surface area (Å²) in [4.78, 5) is 0.160. The number of thiocarbonyl (C=S) groups is 1. The van der Waals surface area contributed by atoms with E-state index in [0.29, 0.717) is 11.3 Å². The van der Waals surface area contributed by atoms with Gasteiger partial charge in [0.25, 0.3) is 0 Å². The van der Waals surface area contributed by atoms with Crippen LogP contribution in [0.15, 0.2) is 45.3 Å². The van der Waals surface area contributed by atoms with Crippen LogP contribution >= 0.6 is 44.1 Å². The standard InChI is InChI=1S/C15H13Br2FN2S/c1-8(9-2-4-10(16)5-3-9)20-12-7-6-11(15(19)21)13(17)14(12)18/h2-8,20H,1H3,(H2,19,21). The molecule has 0 aromatic heterocycles. The lowest BCUT2D eigenvalue weighted by atomic mass is 10.1. The largest absolute Gasteiger partial charge is 0.389 e. The molecule has 0 saturated carbocycles. The molecule has 2 aromatic rings. The fourth-order valence-electron chi connectivity index (χ4n) is 1.92. The van der Waals surface area contributed by atoms with Gasteiger partial charge >= 0.3 is 0 Å². The van der Waals surface area contributed by atoms with Gasteiger partial charge in [0.05, 0.1) is 10.2 Å². The van der Waals surface area contributed by atoms with E-state index < -0.39 is 5.82 Å². The Morgan fingerprint density at radius 3 is 2.38 bits per heavy atom. The van der Waals surface area contributed by atoms with Gasteiger partial charge in [-0.1, -0.05) is 40.3 Å². The predicted molar refractivity (Wildman–Crippen MR) is 96.2 cm³/mol. The summed E-state index contributed by atoms with van der Waals surface area (Å²) in [6, 6.07) is 11.2. The molecule has 0 fully saturated rings. The van der Waals surface area contributed by atoms with E-state index in [0.717, 1.165) is 10.0 Å². The second-order valence-corrected chi connectivity index (χ2v) is 6.72. The zero-order chi connectivity index (χ0) is 15.6. The van der Waals surface area contributed by atoms with Crippen LogP contribution in [-0.2, 0) is 0 Å². The van der Waals surface area contributed by atoms with Gasteiger partial charge in [0.2, 0.25) is 0 Å². The van der Waals surface area contributed by atoms with E-state index in [1.807, 2.05) is 31.2 Å². The van der Waals surface area contributed by atoms with E-state index in [2.05, 4.69) is 37.2 Å². The highest BCUT2D eigenvalue weighted by atomic mass is 79.9. The molecular weight excluding hydrogens is 419 g/mol. The summed E-state index contributed by atoms with van der Waals surface area (Å²) in [7, 11) is 0. The molecule has 0 heterocycles. The van der Waals surface area contributed by atoms with Crippen LogP contribution in [0.4, 0.5) is 10.1 Å². The van der Waals surface area contributed by atoms with Crippen molar-refractivity contribution in [2.75, 3.05) is 5.32 Å². The topological polar surface area (TPSA) is 38.0 Å². The molecule has 2 rings (SSSR count). The second-order valence-electron chi connectivity index (χ2n) is 4.57. The van der Waals surface area contributed by atoms with Crippen LogP contribution in [0.5, 0.6) is 0 Å². The van der Waals surface area contributed by atoms with Crippen LogP contribution in [-0.4, -0.2) is 4.99 Å². The normalized spacial score (nSPS) is 12.0. The van der Waals surface area contributed by atoms with E-state index in [4.69, 9.17) is 18.0 Å². The summed E-state index contributed by atoms with van der Waals surface area (Å²) in [6.45, 7) is 1.97. The molecule has 0 bridgehead atoms. The molecule has 1 atom stereocenters. The number of rotatable bonds is 4. The molecule has 0 aliphatic heterocycles. The van der Waals surface area contributed by atoms with E-state index in [1.165, 1.54) is 0 Å². The molecule has 110 valence electrons. The lowest BCUT2D eigenvalue weighted by Crippen LogP contribution is -2.13. The third kappa shape index (κ3) is 3.81. The minimum Gasteiger partial charge on any atom is -0.389 e. The average molecular weight is 432 g/mol. The number of hydrogen-bond donors (Lipinski definition) is 2. The Balaban J connectivity index is 2.25. The first-order valence-corrected chi connectivity index (χ1v) is 8.19. The van der Waals surface area contributed by atoms with Crippen molar-refractivity contribution in [3.63, 3.8) is 0 Å². The molecule has 0 spiro atoms. The van der Waals surface area contributed by atoms with Crippen molar-refractivity contribution in [1.29, 1.82) is 0 Å². The highest BCUT2D eigenvalue weighted by molar-refractivity contribution is 9.10. The molecule has 0 amide bonds. The fourth-order valence-corrected chi connectivity index (χ4v) is 3.04.